The topological polar surface area (TPSA) is 108 Å². The number of likely N-dealkylation sites (tertiary alicyclic amines) is 1. The van der Waals surface area contributed by atoms with Gasteiger partial charge in [-0.15, -0.1) is 11.8 Å². The van der Waals surface area contributed by atoms with E-state index in [0.717, 1.165) is 25.0 Å². The van der Waals surface area contributed by atoms with E-state index < -0.39 is 32.9 Å². The van der Waals surface area contributed by atoms with E-state index in [4.69, 9.17) is 4.74 Å². The molecule has 0 radical (unpaired) electrons. The number of aliphatic hydroxyl groups excluding tert-OH is 1. The van der Waals surface area contributed by atoms with Gasteiger partial charge >= 0.3 is 0 Å². The molecule has 3 fully saturated rings. The highest BCUT2D eigenvalue weighted by Gasteiger charge is 2.77. The summed E-state index contributed by atoms with van der Waals surface area (Å²) in [5.41, 5.74) is 0.222. The summed E-state index contributed by atoms with van der Waals surface area (Å²) in [4.78, 5) is 43.2. The maximum atomic E-state index is 14.0. The van der Waals surface area contributed by atoms with Crippen LogP contribution in [-0.2, 0) is 14.4 Å². The Labute approximate surface area is 224 Å². The third-order valence-corrected chi connectivity index (χ3v) is 9.78. The monoisotopic (exact) mass is 531 g/mol. The Hall–Kier alpha value is -2.26. The van der Waals surface area contributed by atoms with Crippen LogP contribution in [0.5, 0.6) is 5.75 Å². The Kier molecular flexibility index (Phi) is 7.87. The Morgan fingerprint density at radius 1 is 1.14 bits per heavy atom. The number of hydrogen-bond donors (Lipinski definition) is 3. The summed E-state index contributed by atoms with van der Waals surface area (Å²) >= 11 is 1.68. The van der Waals surface area contributed by atoms with E-state index in [1.165, 1.54) is 0 Å². The fourth-order valence-corrected chi connectivity index (χ4v) is 8.75. The van der Waals surface area contributed by atoms with Gasteiger partial charge in [0.25, 0.3) is 0 Å². The van der Waals surface area contributed by atoms with Crippen LogP contribution in [0.3, 0.4) is 0 Å². The molecule has 1 spiro atoms. The van der Waals surface area contributed by atoms with E-state index in [0.29, 0.717) is 31.7 Å². The van der Waals surface area contributed by atoms with Gasteiger partial charge < -0.3 is 25.4 Å². The predicted molar refractivity (Wildman–Crippen MR) is 146 cm³/mol. The number of amides is 3. The number of benzene rings is 1. The number of ether oxygens (including phenoxy) is 1. The molecule has 0 aromatic heterocycles. The first-order valence-corrected chi connectivity index (χ1v) is 14.2. The highest BCUT2D eigenvalue weighted by atomic mass is 32.2. The van der Waals surface area contributed by atoms with Gasteiger partial charge in [0, 0.05) is 29.1 Å². The van der Waals surface area contributed by atoms with Gasteiger partial charge in [0.1, 0.15) is 11.8 Å². The van der Waals surface area contributed by atoms with E-state index >= 15 is 0 Å². The predicted octanol–water partition coefficient (Wildman–Crippen LogP) is 3.58. The number of nitrogens with zero attached hydrogens (tertiary/aromatic N) is 1. The van der Waals surface area contributed by atoms with Crippen molar-refractivity contribution < 1.29 is 24.2 Å². The van der Waals surface area contributed by atoms with Gasteiger partial charge in [-0.1, -0.05) is 0 Å². The second-order valence-corrected chi connectivity index (χ2v) is 13.6. The second kappa shape index (κ2) is 10.5. The van der Waals surface area contributed by atoms with Crippen LogP contribution in [0, 0.1) is 11.8 Å². The Morgan fingerprint density at radius 2 is 1.84 bits per heavy atom. The third-order valence-electron chi connectivity index (χ3n) is 7.80. The molecule has 3 amide bonds. The molecule has 0 saturated carbocycles. The molecule has 3 aliphatic rings. The summed E-state index contributed by atoms with van der Waals surface area (Å²) in [6, 6.07) is 6.64. The highest BCUT2D eigenvalue weighted by molar-refractivity contribution is 8.02. The maximum Gasteiger partial charge on any atom is 0.244 e. The lowest BCUT2D eigenvalue weighted by atomic mass is 9.66. The van der Waals surface area contributed by atoms with Crippen LogP contribution in [0.4, 0.5) is 5.69 Å². The number of aliphatic hydroxyl groups is 1. The molecule has 1 aromatic rings. The summed E-state index contributed by atoms with van der Waals surface area (Å²) in [5, 5.41) is 15.3. The molecule has 3 aliphatic heterocycles. The van der Waals surface area contributed by atoms with Crippen molar-refractivity contribution in [1.29, 1.82) is 0 Å². The van der Waals surface area contributed by atoms with Crippen LogP contribution in [0.2, 0.25) is 0 Å². The van der Waals surface area contributed by atoms with Crippen LogP contribution in [0.1, 0.15) is 66.7 Å². The van der Waals surface area contributed by atoms with Gasteiger partial charge in [-0.2, -0.15) is 0 Å². The molecule has 3 saturated heterocycles. The first kappa shape index (κ1) is 27.8. The summed E-state index contributed by atoms with van der Waals surface area (Å²) in [7, 11) is 0. The van der Waals surface area contributed by atoms with Crippen LogP contribution in [0.15, 0.2) is 24.3 Å². The number of nitrogens with one attached hydrogen (secondary N) is 2. The number of hydrogen-bond acceptors (Lipinski definition) is 6. The molecular formula is C28H41N3O5S. The minimum atomic E-state index is -0.626. The lowest BCUT2D eigenvalue weighted by Crippen LogP contribution is -2.57. The first-order chi connectivity index (χ1) is 17.5. The van der Waals surface area contributed by atoms with Crippen molar-refractivity contribution in [2.75, 3.05) is 25.1 Å². The van der Waals surface area contributed by atoms with Crippen molar-refractivity contribution in [2.45, 2.75) is 87.8 Å². The fraction of sp³-hybridized carbons (Fsp3) is 0.679. The minimum absolute atomic E-state index is 0.0965. The van der Waals surface area contributed by atoms with Crippen molar-refractivity contribution >= 4 is 35.2 Å². The standard InChI is InChI=1S/C28H41N3O5S/c1-6-36-19-12-10-18(11-13-19)29-23(33)20-21-25(35)31(16-8-7-9-17-32)22(24(34)30-26(2,3)4)28(21)15-14-27(20,5)37-28/h10-13,20-22,32H,6-9,14-17H2,1-5H3,(H,29,33)(H,30,34)/t20-,21+,22?,27+,28?/m1/s1. The molecule has 1 aromatic carbocycles. The molecule has 5 atom stereocenters. The van der Waals surface area contributed by atoms with Crippen LogP contribution in [0.25, 0.3) is 0 Å². The normalized spacial score (nSPS) is 30.4. The van der Waals surface area contributed by atoms with E-state index in [9.17, 15) is 19.5 Å². The lowest BCUT2D eigenvalue weighted by Gasteiger charge is -2.36. The molecule has 3 N–H and O–H groups in total. The molecule has 37 heavy (non-hydrogen) atoms. The summed E-state index contributed by atoms with van der Waals surface area (Å²) < 4.78 is 4.46. The Balaban J connectivity index is 1.63. The molecular weight excluding hydrogens is 490 g/mol. The zero-order valence-corrected chi connectivity index (χ0v) is 23.5. The van der Waals surface area contributed by atoms with Crippen molar-refractivity contribution in [2.24, 2.45) is 11.8 Å². The van der Waals surface area contributed by atoms with E-state index in [2.05, 4.69) is 17.6 Å². The molecule has 4 rings (SSSR count). The molecule has 0 aliphatic carbocycles. The Morgan fingerprint density at radius 3 is 2.46 bits per heavy atom. The van der Waals surface area contributed by atoms with Gasteiger partial charge in [-0.3, -0.25) is 14.4 Å². The minimum Gasteiger partial charge on any atom is -0.494 e. The third kappa shape index (κ3) is 5.21. The molecule has 8 nitrogen and oxygen atoms in total. The van der Waals surface area contributed by atoms with Crippen LogP contribution < -0.4 is 15.4 Å². The van der Waals surface area contributed by atoms with E-state index in [-0.39, 0.29) is 24.3 Å². The Bertz CT molecular complexity index is 1030. The van der Waals surface area contributed by atoms with Gasteiger partial charge in [0.15, 0.2) is 0 Å². The summed E-state index contributed by atoms with van der Waals surface area (Å²) in [5.74, 6) is -0.755. The van der Waals surface area contributed by atoms with E-state index in [1.54, 1.807) is 16.7 Å². The van der Waals surface area contributed by atoms with Crippen molar-refractivity contribution in [3.63, 3.8) is 0 Å². The summed E-state index contributed by atoms with van der Waals surface area (Å²) in [6.45, 7) is 10.9. The number of unbranched alkanes of at least 4 members (excludes halogenated alkanes) is 2. The number of rotatable bonds is 10. The zero-order chi connectivity index (χ0) is 27.0. The first-order valence-electron chi connectivity index (χ1n) is 13.4. The second-order valence-electron chi connectivity index (χ2n) is 11.7. The molecule has 2 unspecified atom stereocenters. The number of fused-ring (bicyclic) bond motifs is 1. The van der Waals surface area contributed by atoms with Crippen molar-refractivity contribution in [3.8, 4) is 5.75 Å². The molecule has 9 heteroatoms. The van der Waals surface area contributed by atoms with Gasteiger partial charge in [0.2, 0.25) is 17.7 Å². The van der Waals surface area contributed by atoms with Crippen molar-refractivity contribution in [1.82, 2.24) is 10.2 Å². The SMILES string of the molecule is CCOc1ccc(NC(=O)[C@H]2[C@H]3C(=O)N(CCCCCO)C(C(=O)NC(C)(C)C)C34CC[C@]2(C)S4)cc1. The lowest BCUT2D eigenvalue weighted by molar-refractivity contribution is -0.139. The average Bonchev–Trinajstić information content (AvgIpc) is 3.38. The number of carbonyl (C=O) groups excluding carboxylic acids is 3. The fourth-order valence-electron chi connectivity index (χ4n) is 6.40. The highest BCUT2D eigenvalue weighted by Crippen LogP contribution is 2.71. The van der Waals surface area contributed by atoms with Crippen LogP contribution >= 0.6 is 11.8 Å². The van der Waals surface area contributed by atoms with E-state index in [1.807, 2.05) is 52.0 Å². The number of anilines is 1. The molecule has 2 bridgehead atoms. The molecule has 3 heterocycles. The van der Waals surface area contributed by atoms with Gasteiger partial charge in [-0.05, 0) is 91.0 Å². The maximum absolute atomic E-state index is 14.0. The van der Waals surface area contributed by atoms with Crippen molar-refractivity contribution in [3.05, 3.63) is 24.3 Å². The summed E-state index contributed by atoms with van der Waals surface area (Å²) in [6.07, 6.45) is 3.65. The quantitative estimate of drug-likeness (QED) is 0.399. The van der Waals surface area contributed by atoms with Gasteiger partial charge in [-0.25, -0.2) is 0 Å². The smallest absolute Gasteiger partial charge is 0.244 e. The average molecular weight is 532 g/mol. The number of thioether (sulfide) groups is 1. The number of carbonyl (C=O) groups is 3. The van der Waals surface area contributed by atoms with Crippen LogP contribution in [-0.4, -0.2) is 68.6 Å². The zero-order valence-electron chi connectivity index (χ0n) is 22.6. The molecule has 204 valence electrons. The van der Waals surface area contributed by atoms with Gasteiger partial charge in [0.05, 0.1) is 23.2 Å². The largest absolute Gasteiger partial charge is 0.494 e.